The molecule has 0 radical (unpaired) electrons. The number of ether oxygens (including phenoxy) is 2. The van der Waals surface area contributed by atoms with Crippen molar-refractivity contribution in [2.24, 2.45) is 0 Å². The lowest BCUT2D eigenvalue weighted by Gasteiger charge is -2.19. The summed E-state index contributed by atoms with van der Waals surface area (Å²) in [6.07, 6.45) is 1.71. The average molecular weight is 359 g/mol. The zero-order valence-corrected chi connectivity index (χ0v) is 15.0. The molecule has 0 bridgehead atoms. The Labute approximate surface area is 158 Å². The van der Waals surface area contributed by atoms with Crippen molar-refractivity contribution in [2.75, 3.05) is 18.5 Å². The number of hydrogen-bond donors (Lipinski definition) is 1. The number of benzene rings is 3. The Morgan fingerprint density at radius 1 is 0.815 bits per heavy atom. The van der Waals surface area contributed by atoms with E-state index in [1.807, 2.05) is 54.6 Å². The highest BCUT2D eigenvalue weighted by molar-refractivity contribution is 6.05. The van der Waals surface area contributed by atoms with Gasteiger partial charge in [0, 0.05) is 17.3 Å². The molecule has 3 aromatic rings. The first kappa shape index (κ1) is 17.2. The van der Waals surface area contributed by atoms with Crippen LogP contribution >= 0.6 is 0 Å². The first-order valence-corrected chi connectivity index (χ1v) is 9.12. The highest BCUT2D eigenvalue weighted by Crippen LogP contribution is 2.32. The number of hydrogen-bond acceptors (Lipinski definition) is 3. The second-order valence-electron chi connectivity index (χ2n) is 6.46. The third kappa shape index (κ3) is 4.11. The van der Waals surface area contributed by atoms with Crippen LogP contribution in [0.15, 0.2) is 72.8 Å². The van der Waals surface area contributed by atoms with E-state index in [0.29, 0.717) is 36.0 Å². The number of rotatable bonds is 5. The van der Waals surface area contributed by atoms with Crippen molar-refractivity contribution in [1.82, 2.24) is 0 Å². The standard InChI is InChI=1S/C23H21NO3/c25-23(24-19-12-13-21-22(16-19)27-15-14-26-21)20-9-5-4-8-18(20)11-10-17-6-2-1-3-7-17/h1-9,12-13,16H,10-11,14-15H2,(H,24,25). The maximum absolute atomic E-state index is 12.8. The summed E-state index contributed by atoms with van der Waals surface area (Å²) in [6.45, 7) is 1.07. The van der Waals surface area contributed by atoms with Gasteiger partial charge in [-0.2, -0.15) is 0 Å². The van der Waals surface area contributed by atoms with Gasteiger partial charge in [-0.05, 0) is 42.2 Å². The molecule has 0 saturated carbocycles. The van der Waals surface area contributed by atoms with Crippen LogP contribution < -0.4 is 14.8 Å². The fourth-order valence-corrected chi connectivity index (χ4v) is 3.20. The number of amides is 1. The van der Waals surface area contributed by atoms with E-state index in [9.17, 15) is 4.79 Å². The van der Waals surface area contributed by atoms with Gasteiger partial charge in [0.05, 0.1) is 0 Å². The average Bonchev–Trinajstić information content (AvgIpc) is 2.73. The first-order valence-electron chi connectivity index (χ1n) is 9.12. The fourth-order valence-electron chi connectivity index (χ4n) is 3.20. The minimum Gasteiger partial charge on any atom is -0.486 e. The molecule has 4 rings (SSSR count). The predicted octanol–water partition coefficient (Wildman–Crippen LogP) is 4.50. The van der Waals surface area contributed by atoms with Crippen molar-refractivity contribution in [3.05, 3.63) is 89.5 Å². The number of nitrogens with one attached hydrogen (secondary N) is 1. The molecule has 4 nitrogen and oxygen atoms in total. The summed E-state index contributed by atoms with van der Waals surface area (Å²) >= 11 is 0. The van der Waals surface area contributed by atoms with E-state index in [0.717, 1.165) is 18.4 Å². The predicted molar refractivity (Wildman–Crippen MR) is 106 cm³/mol. The van der Waals surface area contributed by atoms with Crippen LogP contribution in [0.4, 0.5) is 5.69 Å². The van der Waals surface area contributed by atoms with Crippen molar-refractivity contribution in [1.29, 1.82) is 0 Å². The normalized spacial score (nSPS) is 12.4. The molecule has 0 fully saturated rings. The second kappa shape index (κ2) is 7.96. The van der Waals surface area contributed by atoms with Gasteiger partial charge >= 0.3 is 0 Å². The van der Waals surface area contributed by atoms with Gasteiger partial charge in [0.1, 0.15) is 13.2 Å². The largest absolute Gasteiger partial charge is 0.486 e. The quantitative estimate of drug-likeness (QED) is 0.730. The van der Waals surface area contributed by atoms with Gasteiger partial charge in [-0.3, -0.25) is 4.79 Å². The molecule has 0 unspecified atom stereocenters. The van der Waals surface area contributed by atoms with E-state index in [4.69, 9.17) is 9.47 Å². The van der Waals surface area contributed by atoms with Crippen molar-refractivity contribution in [3.63, 3.8) is 0 Å². The molecule has 4 heteroatoms. The molecule has 136 valence electrons. The zero-order chi connectivity index (χ0) is 18.5. The summed E-state index contributed by atoms with van der Waals surface area (Å²) in [5.74, 6) is 1.26. The van der Waals surface area contributed by atoms with Gasteiger partial charge in [-0.1, -0.05) is 48.5 Å². The maximum atomic E-state index is 12.8. The highest BCUT2D eigenvalue weighted by atomic mass is 16.6. The summed E-state index contributed by atoms with van der Waals surface area (Å²) in [7, 11) is 0. The molecule has 0 aliphatic carbocycles. The lowest BCUT2D eigenvalue weighted by atomic mass is 9.99. The topological polar surface area (TPSA) is 47.6 Å². The van der Waals surface area contributed by atoms with Crippen LogP contribution in [0.5, 0.6) is 11.5 Å². The molecule has 1 N–H and O–H groups in total. The highest BCUT2D eigenvalue weighted by Gasteiger charge is 2.15. The third-order valence-electron chi connectivity index (χ3n) is 4.59. The summed E-state index contributed by atoms with van der Waals surface area (Å²) < 4.78 is 11.1. The number of anilines is 1. The lowest BCUT2D eigenvalue weighted by Crippen LogP contribution is -2.17. The van der Waals surface area contributed by atoms with Crippen LogP contribution in [0.2, 0.25) is 0 Å². The summed E-state index contributed by atoms with van der Waals surface area (Å²) in [5.41, 5.74) is 3.70. The molecule has 0 atom stereocenters. The smallest absolute Gasteiger partial charge is 0.255 e. The van der Waals surface area contributed by atoms with Gasteiger partial charge in [0.25, 0.3) is 5.91 Å². The van der Waals surface area contributed by atoms with Gasteiger partial charge in [0.2, 0.25) is 0 Å². The summed E-state index contributed by atoms with van der Waals surface area (Å²) in [4.78, 5) is 12.8. The van der Waals surface area contributed by atoms with Crippen LogP contribution in [0.3, 0.4) is 0 Å². The van der Waals surface area contributed by atoms with Crippen LogP contribution in [-0.2, 0) is 12.8 Å². The van der Waals surface area contributed by atoms with Gasteiger partial charge in [0.15, 0.2) is 11.5 Å². The van der Waals surface area contributed by atoms with Gasteiger partial charge < -0.3 is 14.8 Å². The van der Waals surface area contributed by atoms with Crippen LogP contribution in [0.25, 0.3) is 0 Å². The molecule has 1 amide bonds. The maximum Gasteiger partial charge on any atom is 0.255 e. The van der Waals surface area contributed by atoms with Crippen LogP contribution in [0.1, 0.15) is 21.5 Å². The molecule has 1 aliphatic rings. The van der Waals surface area contributed by atoms with E-state index in [-0.39, 0.29) is 5.91 Å². The number of aryl methyl sites for hydroxylation is 2. The number of fused-ring (bicyclic) bond motifs is 1. The van der Waals surface area contributed by atoms with Crippen molar-refractivity contribution < 1.29 is 14.3 Å². The third-order valence-corrected chi connectivity index (χ3v) is 4.59. The Morgan fingerprint density at radius 3 is 2.41 bits per heavy atom. The molecule has 27 heavy (non-hydrogen) atoms. The summed E-state index contributed by atoms with van der Waals surface area (Å²) in [6, 6.07) is 23.5. The molecular formula is C23H21NO3. The molecule has 3 aromatic carbocycles. The molecule has 0 aromatic heterocycles. The van der Waals surface area contributed by atoms with Crippen LogP contribution in [0, 0.1) is 0 Å². The molecule has 0 spiro atoms. The SMILES string of the molecule is O=C(Nc1ccc2c(c1)OCCO2)c1ccccc1CCc1ccccc1. The fraction of sp³-hybridized carbons (Fsp3) is 0.174. The minimum absolute atomic E-state index is 0.115. The lowest BCUT2D eigenvalue weighted by molar-refractivity contribution is 0.102. The van der Waals surface area contributed by atoms with E-state index in [2.05, 4.69) is 17.4 Å². The van der Waals surface area contributed by atoms with Gasteiger partial charge in [-0.25, -0.2) is 0 Å². The van der Waals surface area contributed by atoms with Gasteiger partial charge in [-0.15, -0.1) is 0 Å². The van der Waals surface area contributed by atoms with Crippen molar-refractivity contribution in [2.45, 2.75) is 12.8 Å². The van der Waals surface area contributed by atoms with E-state index < -0.39 is 0 Å². The Bertz CT molecular complexity index is 937. The number of carbonyl (C=O) groups is 1. The van der Waals surface area contributed by atoms with Crippen molar-refractivity contribution >= 4 is 11.6 Å². The molecule has 0 saturated heterocycles. The number of carbonyl (C=O) groups excluding carboxylic acids is 1. The Kier molecular flexibility index (Phi) is 5.06. The minimum atomic E-state index is -0.115. The van der Waals surface area contributed by atoms with E-state index >= 15 is 0 Å². The Hall–Kier alpha value is -3.27. The Balaban J connectivity index is 1.49. The summed E-state index contributed by atoms with van der Waals surface area (Å²) in [5, 5.41) is 2.97. The monoisotopic (exact) mass is 359 g/mol. The molecule has 1 aliphatic heterocycles. The van der Waals surface area contributed by atoms with Crippen molar-refractivity contribution in [3.8, 4) is 11.5 Å². The van der Waals surface area contributed by atoms with E-state index in [1.54, 1.807) is 6.07 Å². The molecule has 1 heterocycles. The second-order valence-corrected chi connectivity index (χ2v) is 6.46. The van der Waals surface area contributed by atoms with E-state index in [1.165, 1.54) is 5.56 Å². The van der Waals surface area contributed by atoms with Crippen LogP contribution in [-0.4, -0.2) is 19.1 Å². The zero-order valence-electron chi connectivity index (χ0n) is 15.0. The molecular weight excluding hydrogens is 338 g/mol. The first-order chi connectivity index (χ1) is 13.3. The Morgan fingerprint density at radius 2 is 1.56 bits per heavy atom.